The van der Waals surface area contributed by atoms with E-state index in [2.05, 4.69) is 5.32 Å². The highest BCUT2D eigenvalue weighted by atomic mass is 32.2. The van der Waals surface area contributed by atoms with Gasteiger partial charge in [-0.05, 0) is 29.8 Å². The van der Waals surface area contributed by atoms with Crippen molar-refractivity contribution in [3.63, 3.8) is 0 Å². The second kappa shape index (κ2) is 6.22. The van der Waals surface area contributed by atoms with Gasteiger partial charge in [-0.1, -0.05) is 42.1 Å². The summed E-state index contributed by atoms with van der Waals surface area (Å²) in [6.45, 7) is 0. The fourth-order valence-electron chi connectivity index (χ4n) is 2.83. The van der Waals surface area contributed by atoms with Crippen molar-refractivity contribution >= 4 is 34.9 Å². The molecule has 0 bridgehead atoms. The van der Waals surface area contributed by atoms with E-state index in [1.54, 1.807) is 0 Å². The molecule has 2 N–H and O–H groups in total. The highest BCUT2D eigenvalue weighted by Gasteiger charge is 2.35. The third-order valence-electron chi connectivity index (χ3n) is 4.07. The number of carbonyl (C=O) groups is 1. The van der Waals surface area contributed by atoms with Crippen LogP contribution in [0, 0.1) is 11.2 Å². The molecule has 4 rings (SSSR count). The molecule has 0 spiro atoms. The summed E-state index contributed by atoms with van der Waals surface area (Å²) in [6.07, 6.45) is 0.154. The number of hydrogen-bond donors (Lipinski definition) is 2. The Kier molecular flexibility index (Phi) is 3.89. The molecular weight excluding hydrogens is 337 g/mol. The second-order valence-corrected chi connectivity index (χ2v) is 6.56. The van der Waals surface area contributed by atoms with Crippen molar-refractivity contribution < 1.29 is 9.18 Å². The SMILES string of the molecule is N=C1/C(=C2/NC(c3ccccc3)=CS2)CC(=O)N1c1ccc(F)cc1. The van der Waals surface area contributed by atoms with E-state index < -0.39 is 0 Å². The first-order valence-electron chi connectivity index (χ1n) is 7.73. The first-order chi connectivity index (χ1) is 12.1. The quantitative estimate of drug-likeness (QED) is 0.857. The minimum absolute atomic E-state index is 0.134. The summed E-state index contributed by atoms with van der Waals surface area (Å²) < 4.78 is 13.1. The summed E-state index contributed by atoms with van der Waals surface area (Å²) in [7, 11) is 0. The van der Waals surface area contributed by atoms with Crippen LogP contribution in [0.4, 0.5) is 10.1 Å². The molecule has 2 heterocycles. The molecule has 0 unspecified atom stereocenters. The number of amides is 1. The Labute approximate surface area is 148 Å². The Balaban J connectivity index is 1.60. The molecule has 6 heteroatoms. The van der Waals surface area contributed by atoms with Crippen molar-refractivity contribution in [1.29, 1.82) is 5.41 Å². The summed E-state index contributed by atoms with van der Waals surface area (Å²) in [5.74, 6) is -0.422. The van der Waals surface area contributed by atoms with Gasteiger partial charge >= 0.3 is 0 Å². The fourth-order valence-corrected chi connectivity index (χ4v) is 3.74. The second-order valence-electron chi connectivity index (χ2n) is 5.68. The molecule has 2 aliphatic heterocycles. The molecule has 124 valence electrons. The molecule has 0 aliphatic carbocycles. The molecular formula is C19H14FN3OS. The number of hydrogen-bond acceptors (Lipinski definition) is 4. The Morgan fingerprint density at radius 2 is 1.80 bits per heavy atom. The first-order valence-corrected chi connectivity index (χ1v) is 8.61. The van der Waals surface area contributed by atoms with Gasteiger partial charge in [0.05, 0.1) is 22.8 Å². The molecule has 0 aromatic heterocycles. The zero-order valence-corrected chi connectivity index (χ0v) is 13.9. The topological polar surface area (TPSA) is 56.2 Å². The van der Waals surface area contributed by atoms with Gasteiger partial charge in [0.2, 0.25) is 5.91 Å². The molecule has 2 aromatic carbocycles. The van der Waals surface area contributed by atoms with Crippen molar-refractivity contribution in [3.05, 3.63) is 82.0 Å². The van der Waals surface area contributed by atoms with E-state index in [4.69, 9.17) is 5.41 Å². The summed E-state index contributed by atoms with van der Waals surface area (Å²) in [5, 5.41) is 14.5. The standard InChI is InChI=1S/C19H14FN3OS/c20-13-6-8-14(9-7-13)23-17(24)10-15(18(23)21)19-22-16(11-25-19)12-4-2-1-3-5-12/h1-9,11,21-22H,10H2/b19-15-,21-18?. The predicted molar refractivity (Wildman–Crippen MR) is 98.4 cm³/mol. The number of thioether (sulfide) groups is 1. The third kappa shape index (κ3) is 2.85. The number of amidine groups is 1. The Hall–Kier alpha value is -2.86. The van der Waals surface area contributed by atoms with E-state index in [0.29, 0.717) is 11.3 Å². The lowest BCUT2D eigenvalue weighted by atomic mass is 10.2. The number of benzene rings is 2. The van der Waals surface area contributed by atoms with Crippen LogP contribution in [0.25, 0.3) is 5.70 Å². The normalized spacial score (nSPS) is 20.0. The maximum absolute atomic E-state index is 13.1. The van der Waals surface area contributed by atoms with E-state index in [-0.39, 0.29) is 24.0 Å². The monoisotopic (exact) mass is 351 g/mol. The third-order valence-corrected chi connectivity index (χ3v) is 5.01. The smallest absolute Gasteiger partial charge is 0.237 e. The lowest BCUT2D eigenvalue weighted by Gasteiger charge is -2.16. The minimum Gasteiger partial charge on any atom is -0.349 e. The molecule has 2 aromatic rings. The zero-order valence-electron chi connectivity index (χ0n) is 13.1. The number of anilines is 1. The number of halogens is 1. The van der Waals surface area contributed by atoms with E-state index >= 15 is 0 Å². The van der Waals surface area contributed by atoms with Gasteiger partial charge in [0.15, 0.2) is 0 Å². The van der Waals surface area contributed by atoms with Crippen LogP contribution in [0.2, 0.25) is 0 Å². The average molecular weight is 351 g/mol. The van der Waals surface area contributed by atoms with Crippen molar-refractivity contribution in [3.8, 4) is 0 Å². The van der Waals surface area contributed by atoms with Crippen LogP contribution in [0.1, 0.15) is 12.0 Å². The molecule has 1 fully saturated rings. The summed E-state index contributed by atoms with van der Waals surface area (Å²) in [6, 6.07) is 15.5. The van der Waals surface area contributed by atoms with Gasteiger partial charge in [0.25, 0.3) is 0 Å². The predicted octanol–water partition coefficient (Wildman–Crippen LogP) is 4.09. The van der Waals surface area contributed by atoms with Gasteiger partial charge in [-0.25, -0.2) is 4.39 Å². The van der Waals surface area contributed by atoms with Crippen LogP contribution in [0.3, 0.4) is 0 Å². The van der Waals surface area contributed by atoms with Crippen molar-refractivity contribution in [2.24, 2.45) is 0 Å². The molecule has 0 radical (unpaired) electrons. The van der Waals surface area contributed by atoms with Crippen LogP contribution >= 0.6 is 11.8 Å². The van der Waals surface area contributed by atoms with Crippen LogP contribution in [-0.4, -0.2) is 11.7 Å². The van der Waals surface area contributed by atoms with Gasteiger partial charge in [-0.3, -0.25) is 15.1 Å². The average Bonchev–Trinajstić information content (AvgIpc) is 3.22. The largest absolute Gasteiger partial charge is 0.349 e. The summed E-state index contributed by atoms with van der Waals surface area (Å²) >= 11 is 1.47. The van der Waals surface area contributed by atoms with Gasteiger partial charge in [0.1, 0.15) is 11.7 Å². The van der Waals surface area contributed by atoms with E-state index in [1.165, 1.54) is 40.9 Å². The molecule has 0 atom stereocenters. The maximum atomic E-state index is 13.1. The summed E-state index contributed by atoms with van der Waals surface area (Å²) in [4.78, 5) is 13.7. The maximum Gasteiger partial charge on any atom is 0.237 e. The molecule has 1 saturated heterocycles. The lowest BCUT2D eigenvalue weighted by molar-refractivity contribution is -0.116. The van der Waals surface area contributed by atoms with Crippen LogP contribution in [0.15, 0.2) is 70.6 Å². The van der Waals surface area contributed by atoms with Gasteiger partial charge in [-0.2, -0.15) is 0 Å². The Morgan fingerprint density at radius 1 is 1.08 bits per heavy atom. The number of nitrogens with zero attached hydrogens (tertiary/aromatic N) is 1. The molecule has 2 aliphatic rings. The van der Waals surface area contributed by atoms with Crippen molar-refractivity contribution in [1.82, 2.24) is 5.32 Å². The Morgan fingerprint density at radius 3 is 2.52 bits per heavy atom. The van der Waals surface area contributed by atoms with Gasteiger partial charge in [0, 0.05) is 11.0 Å². The first kappa shape index (κ1) is 15.7. The molecule has 25 heavy (non-hydrogen) atoms. The number of rotatable bonds is 2. The molecule has 1 amide bonds. The zero-order chi connectivity index (χ0) is 17.4. The highest BCUT2D eigenvalue weighted by molar-refractivity contribution is 8.06. The van der Waals surface area contributed by atoms with Crippen LogP contribution in [-0.2, 0) is 4.79 Å². The fraction of sp³-hybridized carbons (Fsp3) is 0.0526. The minimum atomic E-state index is -0.370. The van der Waals surface area contributed by atoms with Crippen LogP contribution in [0.5, 0.6) is 0 Å². The molecule has 4 nitrogen and oxygen atoms in total. The Bertz CT molecular complexity index is 919. The number of nitrogens with one attached hydrogen (secondary N) is 2. The summed E-state index contributed by atoms with van der Waals surface area (Å²) in [5.41, 5.74) is 3.16. The van der Waals surface area contributed by atoms with Crippen molar-refractivity contribution in [2.75, 3.05) is 4.90 Å². The molecule has 0 saturated carbocycles. The highest BCUT2D eigenvalue weighted by Crippen LogP contribution is 2.36. The van der Waals surface area contributed by atoms with Crippen molar-refractivity contribution in [2.45, 2.75) is 6.42 Å². The van der Waals surface area contributed by atoms with E-state index in [9.17, 15) is 9.18 Å². The van der Waals surface area contributed by atoms with Gasteiger partial charge < -0.3 is 5.32 Å². The van der Waals surface area contributed by atoms with E-state index in [0.717, 1.165) is 16.3 Å². The van der Waals surface area contributed by atoms with Gasteiger partial charge in [-0.15, -0.1) is 0 Å². The van der Waals surface area contributed by atoms with E-state index in [1.807, 2.05) is 35.7 Å². The number of carbonyl (C=O) groups excluding carboxylic acids is 1. The van der Waals surface area contributed by atoms with Crippen LogP contribution < -0.4 is 10.2 Å². The lowest BCUT2D eigenvalue weighted by Crippen LogP contribution is -2.28.